The zero-order chi connectivity index (χ0) is 18.5. The number of benzene rings is 1. The van der Waals surface area contributed by atoms with Gasteiger partial charge >= 0.3 is 12.1 Å². The Morgan fingerprint density at radius 3 is 2.17 bits per heavy atom. The summed E-state index contributed by atoms with van der Waals surface area (Å²) in [5.74, 6) is -3.54. The Kier molecular flexibility index (Phi) is 4.44. The van der Waals surface area contributed by atoms with Crippen molar-refractivity contribution < 1.29 is 31.5 Å². The van der Waals surface area contributed by atoms with Crippen LogP contribution in [0.2, 0.25) is 0 Å². The van der Waals surface area contributed by atoms with E-state index in [1.807, 2.05) is 0 Å². The minimum Gasteiger partial charge on any atom is -0.466 e. The van der Waals surface area contributed by atoms with Crippen LogP contribution in [0.5, 0.6) is 0 Å². The number of rotatable bonds is 4. The fraction of sp³-hybridized carbons (Fsp3) is 0.588. The molecule has 2 nitrogen and oxygen atoms in total. The highest BCUT2D eigenvalue weighted by Gasteiger charge is 2.57. The second kappa shape index (κ2) is 5.70. The summed E-state index contributed by atoms with van der Waals surface area (Å²) in [5, 5.41) is 0. The molecule has 0 N–H and O–H groups in total. The quantitative estimate of drug-likeness (QED) is 0.584. The van der Waals surface area contributed by atoms with Gasteiger partial charge in [-0.1, -0.05) is 6.92 Å². The van der Waals surface area contributed by atoms with Crippen LogP contribution in [0.4, 0.5) is 22.0 Å². The lowest BCUT2D eigenvalue weighted by Crippen LogP contribution is -2.38. The fourth-order valence-corrected chi connectivity index (χ4v) is 2.91. The number of carbonyl (C=O) groups is 1. The molecule has 2 atom stereocenters. The topological polar surface area (TPSA) is 26.3 Å². The van der Waals surface area contributed by atoms with Gasteiger partial charge in [-0.2, -0.15) is 13.2 Å². The summed E-state index contributed by atoms with van der Waals surface area (Å²) in [5.41, 5.74) is -4.34. The predicted octanol–water partition coefficient (Wildman–Crippen LogP) is 4.65. The van der Waals surface area contributed by atoms with Crippen molar-refractivity contribution in [2.24, 2.45) is 5.92 Å². The van der Waals surface area contributed by atoms with Gasteiger partial charge in [-0.15, -0.1) is 0 Å². The molecule has 0 spiro atoms. The second-order valence-electron chi connectivity index (χ2n) is 6.86. The zero-order valence-corrected chi connectivity index (χ0v) is 13.9. The minimum atomic E-state index is -4.80. The molecule has 1 aromatic carbocycles. The monoisotopic (exact) mass is 350 g/mol. The average Bonchev–Trinajstić information content (AvgIpc) is 3.10. The first-order chi connectivity index (χ1) is 10.9. The first-order valence-corrected chi connectivity index (χ1v) is 7.59. The molecule has 0 aromatic heterocycles. The van der Waals surface area contributed by atoms with Gasteiger partial charge in [-0.3, -0.25) is 4.79 Å². The van der Waals surface area contributed by atoms with E-state index in [-0.39, 0.29) is 12.2 Å². The molecule has 2 unspecified atom stereocenters. The van der Waals surface area contributed by atoms with Crippen molar-refractivity contribution in [3.63, 3.8) is 0 Å². The summed E-state index contributed by atoms with van der Waals surface area (Å²) < 4.78 is 72.8. The maximum atomic E-state index is 14.3. The Labute approximate surface area is 137 Å². The van der Waals surface area contributed by atoms with Crippen molar-refractivity contribution in [1.82, 2.24) is 0 Å². The molecule has 7 heteroatoms. The van der Waals surface area contributed by atoms with Crippen molar-refractivity contribution in [3.8, 4) is 0 Å². The molecule has 0 bridgehead atoms. The Morgan fingerprint density at radius 1 is 1.25 bits per heavy atom. The van der Waals surface area contributed by atoms with E-state index < -0.39 is 46.1 Å². The van der Waals surface area contributed by atoms with E-state index in [1.165, 1.54) is 0 Å². The molecule has 0 saturated heterocycles. The third-order valence-corrected chi connectivity index (χ3v) is 4.84. The molecule has 1 aliphatic rings. The first-order valence-electron chi connectivity index (χ1n) is 7.59. The number of esters is 1. The molecule has 1 saturated carbocycles. The van der Waals surface area contributed by atoms with Gasteiger partial charge in [-0.25, -0.2) is 8.78 Å². The maximum absolute atomic E-state index is 14.3. The van der Waals surface area contributed by atoms with Crippen LogP contribution in [-0.4, -0.2) is 18.8 Å². The lowest BCUT2D eigenvalue weighted by molar-refractivity contribution is -0.181. The van der Waals surface area contributed by atoms with Crippen molar-refractivity contribution in [2.45, 2.75) is 51.1 Å². The van der Waals surface area contributed by atoms with Crippen LogP contribution in [-0.2, 0) is 20.4 Å². The van der Waals surface area contributed by atoms with Crippen LogP contribution in [0.3, 0.4) is 0 Å². The van der Waals surface area contributed by atoms with Gasteiger partial charge in [0.1, 0.15) is 11.6 Å². The molecular formula is C17H19F5O2. The van der Waals surface area contributed by atoms with E-state index in [9.17, 15) is 26.7 Å². The van der Waals surface area contributed by atoms with Gasteiger partial charge in [0, 0.05) is 11.0 Å². The highest BCUT2D eigenvalue weighted by Crippen LogP contribution is 2.55. The Hall–Kier alpha value is -1.66. The number of hydrogen-bond acceptors (Lipinski definition) is 2. The molecule has 24 heavy (non-hydrogen) atoms. The highest BCUT2D eigenvalue weighted by atomic mass is 19.4. The summed E-state index contributed by atoms with van der Waals surface area (Å²) >= 11 is 0. The van der Waals surface area contributed by atoms with Gasteiger partial charge in [0.15, 0.2) is 0 Å². The van der Waals surface area contributed by atoms with Gasteiger partial charge in [-0.05, 0) is 44.9 Å². The van der Waals surface area contributed by atoms with E-state index in [2.05, 4.69) is 0 Å². The molecule has 134 valence electrons. The lowest BCUT2D eigenvalue weighted by Gasteiger charge is -2.29. The minimum absolute atomic E-state index is 0.164. The molecule has 1 aromatic rings. The SMILES string of the molecule is CCOC(=O)C1CC1(C)c1cc(F)c(C(C)(C)C(F)(F)F)c(F)c1. The summed E-state index contributed by atoms with van der Waals surface area (Å²) in [7, 11) is 0. The highest BCUT2D eigenvalue weighted by molar-refractivity contribution is 5.79. The van der Waals surface area contributed by atoms with E-state index >= 15 is 0 Å². The number of ether oxygens (including phenoxy) is 1. The number of halogens is 5. The third-order valence-electron chi connectivity index (χ3n) is 4.84. The molecule has 1 fully saturated rings. The molecule has 0 amide bonds. The summed E-state index contributed by atoms with van der Waals surface area (Å²) in [6.07, 6.45) is -4.46. The molecule has 0 heterocycles. The molecule has 1 aliphatic carbocycles. The number of carbonyl (C=O) groups excluding carboxylic acids is 1. The number of alkyl halides is 3. The number of hydrogen-bond donors (Lipinski definition) is 0. The van der Waals surface area contributed by atoms with Crippen molar-refractivity contribution >= 4 is 5.97 Å². The van der Waals surface area contributed by atoms with E-state index in [0.29, 0.717) is 6.42 Å². The Bertz CT molecular complexity index is 642. The summed E-state index contributed by atoms with van der Waals surface area (Å²) in [4.78, 5) is 11.8. The predicted molar refractivity (Wildman–Crippen MR) is 77.5 cm³/mol. The standard InChI is InChI=1S/C17H19F5O2/c1-5-24-14(23)10-8-16(10,4)9-6-11(18)13(12(19)7-9)15(2,3)17(20,21)22/h6-7,10H,5,8H2,1-4H3. The van der Waals surface area contributed by atoms with Crippen LogP contribution in [0.25, 0.3) is 0 Å². The molecule has 0 aliphatic heterocycles. The molecule has 2 rings (SSSR count). The lowest BCUT2D eigenvalue weighted by atomic mass is 9.81. The van der Waals surface area contributed by atoms with Crippen molar-refractivity contribution in [2.75, 3.05) is 6.61 Å². The largest absolute Gasteiger partial charge is 0.466 e. The van der Waals surface area contributed by atoms with Crippen LogP contribution in [0, 0.1) is 17.6 Å². The summed E-state index contributed by atoms with van der Waals surface area (Å²) in [6.45, 7) is 4.93. The smallest absolute Gasteiger partial charge is 0.398 e. The van der Waals surface area contributed by atoms with Crippen molar-refractivity contribution in [1.29, 1.82) is 0 Å². The van der Waals surface area contributed by atoms with Crippen LogP contribution < -0.4 is 0 Å². The second-order valence-corrected chi connectivity index (χ2v) is 6.86. The normalized spacial score (nSPS) is 24.0. The summed E-state index contributed by atoms with van der Waals surface area (Å²) in [6, 6.07) is 1.79. The maximum Gasteiger partial charge on any atom is 0.398 e. The van der Waals surface area contributed by atoms with Gasteiger partial charge in [0.05, 0.1) is 17.9 Å². The van der Waals surface area contributed by atoms with Gasteiger partial charge in [0.25, 0.3) is 0 Å². The average molecular weight is 350 g/mol. The first kappa shape index (κ1) is 18.7. The molecular weight excluding hydrogens is 331 g/mol. The fourth-order valence-electron chi connectivity index (χ4n) is 2.91. The van der Waals surface area contributed by atoms with Crippen LogP contribution in [0.15, 0.2) is 12.1 Å². The van der Waals surface area contributed by atoms with Gasteiger partial charge < -0.3 is 4.74 Å². The molecule has 0 radical (unpaired) electrons. The van der Waals surface area contributed by atoms with E-state index in [0.717, 1.165) is 26.0 Å². The zero-order valence-electron chi connectivity index (χ0n) is 13.9. The van der Waals surface area contributed by atoms with E-state index in [1.54, 1.807) is 13.8 Å². The Morgan fingerprint density at radius 2 is 1.75 bits per heavy atom. The van der Waals surface area contributed by atoms with Gasteiger partial charge in [0.2, 0.25) is 0 Å². The van der Waals surface area contributed by atoms with Crippen molar-refractivity contribution in [3.05, 3.63) is 34.9 Å². The Balaban J connectivity index is 2.41. The third kappa shape index (κ3) is 2.89. The van der Waals surface area contributed by atoms with Crippen LogP contribution in [0.1, 0.15) is 45.2 Å². The van der Waals surface area contributed by atoms with E-state index in [4.69, 9.17) is 4.74 Å². The van der Waals surface area contributed by atoms with Crippen LogP contribution >= 0.6 is 0 Å².